The van der Waals surface area contributed by atoms with E-state index >= 15 is 0 Å². The predicted octanol–water partition coefficient (Wildman–Crippen LogP) is 3.05. The molecule has 2 N–H and O–H groups in total. The standard InChI is InChI=1S/C16H22Cl3N3O/c1-22(2)12-6-11-20-15(16(17,18)19)21-14(23)10-9-13-7-4-3-5-8-13/h3-5,7-10,15,20H,6,11-12H2,1-2H3,(H,21,23)/b10-9+. The summed E-state index contributed by atoms with van der Waals surface area (Å²) in [4.78, 5) is 14.1. The highest BCUT2D eigenvalue weighted by Crippen LogP contribution is 2.29. The molecular weight excluding hydrogens is 357 g/mol. The minimum atomic E-state index is -1.63. The van der Waals surface area contributed by atoms with Crippen LogP contribution in [-0.2, 0) is 4.79 Å². The van der Waals surface area contributed by atoms with Crippen molar-refractivity contribution in [1.29, 1.82) is 0 Å². The molecule has 0 saturated heterocycles. The molecule has 0 aliphatic carbocycles. The van der Waals surface area contributed by atoms with Gasteiger partial charge in [-0.3, -0.25) is 10.1 Å². The molecule has 1 atom stereocenters. The SMILES string of the molecule is CN(C)CCCNC(NC(=O)/C=C/c1ccccc1)C(Cl)(Cl)Cl. The van der Waals surface area contributed by atoms with Gasteiger partial charge in [-0.15, -0.1) is 0 Å². The zero-order chi connectivity index (χ0) is 17.3. The zero-order valence-electron chi connectivity index (χ0n) is 13.2. The Kier molecular flexibility index (Phi) is 8.95. The van der Waals surface area contributed by atoms with Crippen molar-refractivity contribution in [1.82, 2.24) is 15.5 Å². The number of nitrogens with one attached hydrogen (secondary N) is 2. The molecule has 0 saturated carbocycles. The quantitative estimate of drug-likeness (QED) is 0.316. The summed E-state index contributed by atoms with van der Waals surface area (Å²) in [5.74, 6) is -0.328. The molecule has 0 aliphatic rings. The summed E-state index contributed by atoms with van der Waals surface area (Å²) < 4.78 is -1.63. The van der Waals surface area contributed by atoms with E-state index in [-0.39, 0.29) is 5.91 Å². The van der Waals surface area contributed by atoms with Gasteiger partial charge >= 0.3 is 0 Å². The van der Waals surface area contributed by atoms with Crippen LogP contribution in [0.4, 0.5) is 0 Å². The summed E-state index contributed by atoms with van der Waals surface area (Å²) in [5, 5.41) is 5.72. The highest BCUT2D eigenvalue weighted by molar-refractivity contribution is 6.68. The maximum absolute atomic E-state index is 12.0. The summed E-state index contributed by atoms with van der Waals surface area (Å²) in [6.45, 7) is 1.53. The van der Waals surface area contributed by atoms with E-state index in [1.54, 1.807) is 6.08 Å². The van der Waals surface area contributed by atoms with Crippen LogP contribution in [0, 0.1) is 0 Å². The monoisotopic (exact) mass is 377 g/mol. The topological polar surface area (TPSA) is 44.4 Å². The number of hydrogen-bond acceptors (Lipinski definition) is 3. The van der Waals surface area contributed by atoms with Gasteiger partial charge in [-0.25, -0.2) is 0 Å². The highest BCUT2D eigenvalue weighted by Gasteiger charge is 2.33. The largest absolute Gasteiger partial charge is 0.333 e. The number of hydrogen-bond donors (Lipinski definition) is 2. The Labute approximate surface area is 152 Å². The van der Waals surface area contributed by atoms with Crippen molar-refractivity contribution in [2.45, 2.75) is 16.4 Å². The van der Waals surface area contributed by atoms with Crippen molar-refractivity contribution in [3.63, 3.8) is 0 Å². The van der Waals surface area contributed by atoms with Gasteiger partial charge in [0.2, 0.25) is 9.70 Å². The summed E-state index contributed by atoms with van der Waals surface area (Å²) >= 11 is 17.8. The molecule has 0 fully saturated rings. The summed E-state index contributed by atoms with van der Waals surface area (Å²) in [7, 11) is 3.98. The van der Waals surface area contributed by atoms with Crippen LogP contribution in [0.5, 0.6) is 0 Å². The molecule has 23 heavy (non-hydrogen) atoms. The lowest BCUT2D eigenvalue weighted by atomic mass is 10.2. The van der Waals surface area contributed by atoms with Crippen LogP contribution in [0.2, 0.25) is 0 Å². The molecule has 0 heterocycles. The lowest BCUT2D eigenvalue weighted by Crippen LogP contribution is -2.53. The van der Waals surface area contributed by atoms with Gasteiger partial charge in [0.05, 0.1) is 0 Å². The Bertz CT molecular complexity index is 501. The number of rotatable bonds is 8. The summed E-state index contributed by atoms with van der Waals surface area (Å²) in [6, 6.07) is 9.50. The number of carbonyl (C=O) groups is 1. The van der Waals surface area contributed by atoms with Gasteiger partial charge < -0.3 is 10.2 Å². The van der Waals surface area contributed by atoms with Gasteiger partial charge in [-0.05, 0) is 45.2 Å². The van der Waals surface area contributed by atoms with Crippen molar-refractivity contribution in [2.75, 3.05) is 27.2 Å². The van der Waals surface area contributed by atoms with E-state index in [2.05, 4.69) is 15.5 Å². The van der Waals surface area contributed by atoms with Crippen LogP contribution < -0.4 is 10.6 Å². The van der Waals surface area contributed by atoms with Gasteiger partial charge in [0.15, 0.2) is 0 Å². The first-order valence-corrected chi connectivity index (χ1v) is 8.41. The highest BCUT2D eigenvalue weighted by atomic mass is 35.6. The third-order valence-corrected chi connectivity index (χ3v) is 3.63. The van der Waals surface area contributed by atoms with Crippen molar-refractivity contribution in [3.05, 3.63) is 42.0 Å². The molecule has 128 valence electrons. The number of nitrogens with zero attached hydrogens (tertiary/aromatic N) is 1. The minimum Gasteiger partial charge on any atom is -0.333 e. The van der Waals surface area contributed by atoms with E-state index in [0.717, 1.165) is 18.5 Å². The molecular formula is C16H22Cl3N3O. The van der Waals surface area contributed by atoms with Gasteiger partial charge in [-0.2, -0.15) is 0 Å². The Morgan fingerprint density at radius 1 is 1.26 bits per heavy atom. The second-order valence-electron chi connectivity index (χ2n) is 5.34. The van der Waals surface area contributed by atoms with Crippen LogP contribution in [-0.4, -0.2) is 48.0 Å². The molecule has 0 spiro atoms. The van der Waals surface area contributed by atoms with Crippen molar-refractivity contribution in [2.24, 2.45) is 0 Å². The third-order valence-electron chi connectivity index (χ3n) is 2.97. The van der Waals surface area contributed by atoms with Crippen molar-refractivity contribution < 1.29 is 4.79 Å². The molecule has 0 radical (unpaired) electrons. The lowest BCUT2D eigenvalue weighted by Gasteiger charge is -2.26. The van der Waals surface area contributed by atoms with Gasteiger partial charge in [0, 0.05) is 6.08 Å². The van der Waals surface area contributed by atoms with E-state index < -0.39 is 9.96 Å². The van der Waals surface area contributed by atoms with Gasteiger partial charge in [0.1, 0.15) is 6.17 Å². The Morgan fingerprint density at radius 3 is 2.48 bits per heavy atom. The number of carbonyl (C=O) groups excluding carboxylic acids is 1. The van der Waals surface area contributed by atoms with Crippen molar-refractivity contribution in [3.8, 4) is 0 Å². The maximum atomic E-state index is 12.0. The van der Waals surface area contributed by atoms with Crippen LogP contribution in [0.25, 0.3) is 6.08 Å². The second kappa shape index (κ2) is 10.2. The van der Waals surface area contributed by atoms with Gasteiger partial charge in [0.25, 0.3) is 0 Å². The molecule has 1 amide bonds. The molecule has 1 aromatic rings. The average molecular weight is 379 g/mol. The zero-order valence-corrected chi connectivity index (χ0v) is 15.5. The fraction of sp³-hybridized carbons (Fsp3) is 0.438. The van der Waals surface area contributed by atoms with E-state index in [4.69, 9.17) is 34.8 Å². The molecule has 1 aromatic carbocycles. The summed E-state index contributed by atoms with van der Waals surface area (Å²) in [5.41, 5.74) is 0.923. The van der Waals surface area contributed by atoms with E-state index in [1.807, 2.05) is 44.4 Å². The normalized spacial score (nSPS) is 13.5. The molecule has 7 heteroatoms. The first kappa shape index (κ1) is 20.3. The molecule has 0 bridgehead atoms. The van der Waals surface area contributed by atoms with Crippen LogP contribution >= 0.6 is 34.8 Å². The van der Waals surface area contributed by atoms with Gasteiger partial charge in [-0.1, -0.05) is 65.1 Å². The van der Waals surface area contributed by atoms with E-state index in [1.165, 1.54) is 6.08 Å². The second-order valence-corrected chi connectivity index (χ2v) is 7.71. The number of halogens is 3. The molecule has 0 aromatic heterocycles. The molecule has 1 rings (SSSR count). The van der Waals surface area contributed by atoms with Crippen LogP contribution in [0.1, 0.15) is 12.0 Å². The predicted molar refractivity (Wildman–Crippen MR) is 98.9 cm³/mol. The minimum absolute atomic E-state index is 0.328. The van der Waals surface area contributed by atoms with Crippen molar-refractivity contribution >= 4 is 46.8 Å². The van der Waals surface area contributed by atoms with E-state index in [0.29, 0.717) is 6.54 Å². The van der Waals surface area contributed by atoms with E-state index in [9.17, 15) is 4.79 Å². The number of alkyl halides is 3. The third kappa shape index (κ3) is 9.18. The molecule has 4 nitrogen and oxygen atoms in total. The number of benzene rings is 1. The lowest BCUT2D eigenvalue weighted by molar-refractivity contribution is -0.117. The molecule has 0 aliphatic heterocycles. The first-order valence-electron chi connectivity index (χ1n) is 7.27. The Balaban J connectivity index is 2.52. The smallest absolute Gasteiger partial charge is 0.245 e. The average Bonchev–Trinajstić information content (AvgIpc) is 2.48. The van der Waals surface area contributed by atoms with Crippen LogP contribution in [0.3, 0.4) is 0 Å². The molecule has 1 unspecified atom stereocenters. The maximum Gasteiger partial charge on any atom is 0.245 e. The summed E-state index contributed by atoms with van der Waals surface area (Å²) in [6.07, 6.45) is 3.24. The Hall–Kier alpha value is -0.780. The fourth-order valence-electron chi connectivity index (χ4n) is 1.82. The fourth-order valence-corrected chi connectivity index (χ4v) is 2.21. The van der Waals surface area contributed by atoms with Crippen LogP contribution in [0.15, 0.2) is 36.4 Å². The Morgan fingerprint density at radius 2 is 1.91 bits per heavy atom. The first-order chi connectivity index (χ1) is 10.8. The number of amides is 1.